The summed E-state index contributed by atoms with van der Waals surface area (Å²) in [5, 5.41) is 2.19. The van der Waals surface area contributed by atoms with Gasteiger partial charge >= 0.3 is 0 Å². The van der Waals surface area contributed by atoms with Crippen LogP contribution in [0.25, 0.3) is 0 Å². The maximum atomic E-state index is 13.3. The predicted octanol–water partition coefficient (Wildman–Crippen LogP) is 2.51. The molecule has 0 saturated heterocycles. The number of rotatable bonds is 6. The zero-order valence-corrected chi connectivity index (χ0v) is 11.2. The Bertz CT molecular complexity index is 457. The first-order valence-corrected chi connectivity index (χ1v) is 6.87. The van der Waals surface area contributed by atoms with Crippen molar-refractivity contribution in [2.45, 2.75) is 19.4 Å². The normalized spacial score (nSPS) is 12.3. The third-order valence-corrected chi connectivity index (χ3v) is 3.53. The van der Waals surface area contributed by atoms with Gasteiger partial charge in [0.15, 0.2) is 17.5 Å². The van der Waals surface area contributed by atoms with Gasteiger partial charge in [0.25, 0.3) is 0 Å². The summed E-state index contributed by atoms with van der Waals surface area (Å²) in [6, 6.07) is 1.74. The largest absolute Gasteiger partial charge is 0.327 e. The first-order chi connectivity index (χ1) is 8.95. The molecule has 0 heterocycles. The fraction of sp³-hybridized carbons (Fsp3) is 0.417. The van der Waals surface area contributed by atoms with Gasteiger partial charge in [-0.15, -0.1) is 0 Å². The monoisotopic (exact) mass is 292 g/mol. The summed E-state index contributed by atoms with van der Waals surface area (Å²) in [5.41, 5.74) is 5.30. The number of hydrogen-bond donors (Lipinski definition) is 2. The molecule has 106 valence electrons. The van der Waals surface area contributed by atoms with E-state index in [0.29, 0.717) is 5.75 Å². The Labute approximate surface area is 113 Å². The second kappa shape index (κ2) is 7.40. The van der Waals surface area contributed by atoms with Crippen LogP contribution >= 0.6 is 11.8 Å². The van der Waals surface area contributed by atoms with Gasteiger partial charge in [-0.3, -0.25) is 4.79 Å². The molecule has 1 aromatic rings. The molecule has 1 rings (SSSR count). The van der Waals surface area contributed by atoms with Gasteiger partial charge in [-0.05, 0) is 18.6 Å². The lowest BCUT2D eigenvalue weighted by atomic mass is 10.3. The standard InChI is InChI=1S/C12H15F3N2OS/c1-2-7(16)5-19-6-10(18)17-9-4-3-8(13)11(14)12(9)15/h3-4,7H,2,5-6,16H2,1H3,(H,17,18). The molecule has 0 spiro atoms. The quantitative estimate of drug-likeness (QED) is 0.792. The van der Waals surface area contributed by atoms with Crippen LogP contribution in [0.5, 0.6) is 0 Å². The average molecular weight is 292 g/mol. The third kappa shape index (κ3) is 4.76. The number of amides is 1. The summed E-state index contributed by atoms with van der Waals surface area (Å²) in [6.45, 7) is 1.93. The van der Waals surface area contributed by atoms with Gasteiger partial charge in [-0.2, -0.15) is 11.8 Å². The van der Waals surface area contributed by atoms with E-state index in [9.17, 15) is 18.0 Å². The minimum absolute atomic E-state index is 0.00204. The predicted molar refractivity (Wildman–Crippen MR) is 70.5 cm³/mol. The second-order valence-electron chi connectivity index (χ2n) is 3.95. The van der Waals surface area contributed by atoms with Crippen molar-refractivity contribution in [2.24, 2.45) is 5.73 Å². The van der Waals surface area contributed by atoms with E-state index in [1.54, 1.807) is 0 Å². The number of hydrogen-bond acceptors (Lipinski definition) is 3. The van der Waals surface area contributed by atoms with Gasteiger partial charge in [0, 0.05) is 11.8 Å². The molecular formula is C12H15F3N2OS. The summed E-state index contributed by atoms with van der Waals surface area (Å²) >= 11 is 1.30. The Hall–Kier alpha value is -1.21. The summed E-state index contributed by atoms with van der Waals surface area (Å²) in [6.07, 6.45) is 0.798. The maximum Gasteiger partial charge on any atom is 0.234 e. The molecule has 0 saturated carbocycles. The molecule has 1 unspecified atom stereocenters. The van der Waals surface area contributed by atoms with Crippen LogP contribution < -0.4 is 11.1 Å². The zero-order chi connectivity index (χ0) is 14.4. The van der Waals surface area contributed by atoms with Gasteiger partial charge in [-0.1, -0.05) is 6.92 Å². The van der Waals surface area contributed by atoms with Crippen LogP contribution in [-0.2, 0) is 4.79 Å². The summed E-state index contributed by atoms with van der Waals surface area (Å²) < 4.78 is 38.9. The van der Waals surface area contributed by atoms with Crippen molar-refractivity contribution in [3.05, 3.63) is 29.6 Å². The number of thioether (sulfide) groups is 1. The van der Waals surface area contributed by atoms with E-state index in [-0.39, 0.29) is 17.5 Å². The van der Waals surface area contributed by atoms with Gasteiger partial charge in [0.2, 0.25) is 5.91 Å². The summed E-state index contributed by atoms with van der Waals surface area (Å²) in [7, 11) is 0. The Morgan fingerprint density at radius 1 is 1.37 bits per heavy atom. The van der Waals surface area contributed by atoms with E-state index in [2.05, 4.69) is 5.32 Å². The number of carbonyl (C=O) groups excluding carboxylic acids is 1. The van der Waals surface area contributed by atoms with Gasteiger partial charge < -0.3 is 11.1 Å². The second-order valence-corrected chi connectivity index (χ2v) is 4.98. The van der Waals surface area contributed by atoms with Crippen molar-refractivity contribution in [3.8, 4) is 0 Å². The van der Waals surface area contributed by atoms with Crippen LogP contribution in [0, 0.1) is 17.5 Å². The number of halogens is 3. The van der Waals surface area contributed by atoms with Crippen molar-refractivity contribution < 1.29 is 18.0 Å². The Morgan fingerprint density at radius 3 is 2.68 bits per heavy atom. The van der Waals surface area contributed by atoms with Gasteiger partial charge in [-0.25, -0.2) is 13.2 Å². The molecule has 0 bridgehead atoms. The molecule has 0 aliphatic heterocycles. The molecule has 7 heteroatoms. The van der Waals surface area contributed by atoms with Crippen LogP contribution in [0.15, 0.2) is 12.1 Å². The Balaban J connectivity index is 2.51. The highest BCUT2D eigenvalue weighted by Crippen LogP contribution is 2.19. The number of benzene rings is 1. The summed E-state index contributed by atoms with van der Waals surface area (Å²) in [5.74, 6) is -4.10. The van der Waals surface area contributed by atoms with Gasteiger partial charge in [0.05, 0.1) is 11.4 Å². The van der Waals surface area contributed by atoms with Crippen molar-refractivity contribution >= 4 is 23.4 Å². The Morgan fingerprint density at radius 2 is 2.05 bits per heavy atom. The molecule has 1 aromatic carbocycles. The number of nitrogens with two attached hydrogens (primary N) is 1. The first-order valence-electron chi connectivity index (χ1n) is 5.72. The number of carbonyl (C=O) groups is 1. The van der Waals surface area contributed by atoms with Crippen molar-refractivity contribution in [3.63, 3.8) is 0 Å². The molecular weight excluding hydrogens is 277 g/mol. The summed E-state index contributed by atoms with van der Waals surface area (Å²) in [4.78, 5) is 11.5. The fourth-order valence-corrected chi connectivity index (χ4v) is 2.14. The molecule has 0 aromatic heterocycles. The lowest BCUT2D eigenvalue weighted by molar-refractivity contribution is -0.113. The molecule has 1 amide bonds. The van der Waals surface area contributed by atoms with Crippen molar-refractivity contribution in [2.75, 3.05) is 16.8 Å². The fourth-order valence-electron chi connectivity index (χ4n) is 1.23. The lowest BCUT2D eigenvalue weighted by Crippen LogP contribution is -2.23. The average Bonchev–Trinajstić information content (AvgIpc) is 2.39. The van der Waals surface area contributed by atoms with Crippen LogP contribution in [0.3, 0.4) is 0 Å². The molecule has 3 nitrogen and oxygen atoms in total. The molecule has 19 heavy (non-hydrogen) atoms. The van der Waals surface area contributed by atoms with E-state index >= 15 is 0 Å². The van der Waals surface area contributed by atoms with Crippen molar-refractivity contribution in [1.82, 2.24) is 0 Å². The molecule has 1 atom stereocenters. The molecule has 0 aliphatic carbocycles. The molecule has 0 aliphatic rings. The van der Waals surface area contributed by atoms with Crippen LogP contribution in [0.1, 0.15) is 13.3 Å². The highest BCUT2D eigenvalue weighted by Gasteiger charge is 2.15. The molecule has 0 fully saturated rings. The molecule has 3 N–H and O–H groups in total. The first kappa shape index (κ1) is 15.8. The number of nitrogens with one attached hydrogen (secondary N) is 1. The smallest absolute Gasteiger partial charge is 0.234 e. The van der Waals surface area contributed by atoms with Crippen LogP contribution in [-0.4, -0.2) is 23.5 Å². The van der Waals surface area contributed by atoms with Crippen LogP contribution in [0.2, 0.25) is 0 Å². The maximum absolute atomic E-state index is 13.3. The molecule has 0 radical (unpaired) electrons. The van der Waals surface area contributed by atoms with E-state index in [0.717, 1.165) is 18.6 Å². The topological polar surface area (TPSA) is 55.1 Å². The van der Waals surface area contributed by atoms with E-state index < -0.39 is 23.4 Å². The van der Waals surface area contributed by atoms with E-state index in [4.69, 9.17) is 5.73 Å². The van der Waals surface area contributed by atoms with E-state index in [1.807, 2.05) is 6.92 Å². The minimum Gasteiger partial charge on any atom is -0.327 e. The zero-order valence-electron chi connectivity index (χ0n) is 10.4. The van der Waals surface area contributed by atoms with Crippen LogP contribution in [0.4, 0.5) is 18.9 Å². The highest BCUT2D eigenvalue weighted by molar-refractivity contribution is 8.00. The highest BCUT2D eigenvalue weighted by atomic mass is 32.2. The number of anilines is 1. The third-order valence-electron chi connectivity index (χ3n) is 2.40. The SMILES string of the molecule is CCC(N)CSCC(=O)Nc1ccc(F)c(F)c1F. The van der Waals surface area contributed by atoms with E-state index in [1.165, 1.54) is 11.8 Å². The lowest BCUT2D eigenvalue weighted by Gasteiger charge is -2.09. The van der Waals surface area contributed by atoms with Gasteiger partial charge in [0.1, 0.15) is 0 Å². The van der Waals surface area contributed by atoms with Crippen molar-refractivity contribution in [1.29, 1.82) is 0 Å². The minimum atomic E-state index is -1.60. The Kier molecular flexibility index (Phi) is 6.17.